The lowest BCUT2D eigenvalue weighted by molar-refractivity contribution is 0.0968. The first kappa shape index (κ1) is 25.1. The fourth-order valence-corrected chi connectivity index (χ4v) is 6.00. The van der Waals surface area contributed by atoms with Crippen LogP contribution in [0.5, 0.6) is 0 Å². The summed E-state index contributed by atoms with van der Waals surface area (Å²) in [6.45, 7) is 2.65. The van der Waals surface area contributed by atoms with E-state index in [9.17, 15) is 9.18 Å². The van der Waals surface area contributed by atoms with Crippen molar-refractivity contribution >= 4 is 40.6 Å². The van der Waals surface area contributed by atoms with Gasteiger partial charge in [0, 0.05) is 47.0 Å². The average molecular weight is 523 g/mol. The van der Waals surface area contributed by atoms with Gasteiger partial charge in [-0.15, -0.1) is 0 Å². The van der Waals surface area contributed by atoms with Crippen LogP contribution in [0.1, 0.15) is 57.6 Å². The Labute approximate surface area is 222 Å². The summed E-state index contributed by atoms with van der Waals surface area (Å²) in [6.07, 6.45) is 7.17. The number of hydrogen-bond acceptors (Lipinski definition) is 3. The highest BCUT2D eigenvalue weighted by atomic mass is 35.5. The summed E-state index contributed by atoms with van der Waals surface area (Å²) in [5.41, 5.74) is 8.24. The first-order valence-corrected chi connectivity index (χ1v) is 13.3. The van der Waals surface area contributed by atoms with Gasteiger partial charge in [0.15, 0.2) is 0 Å². The molecule has 1 aliphatic carbocycles. The summed E-state index contributed by atoms with van der Waals surface area (Å²) in [6, 6.07) is 15.8. The van der Waals surface area contributed by atoms with Crippen LogP contribution in [0.25, 0.3) is 11.1 Å². The molecule has 5 rings (SSSR count). The molecule has 0 N–H and O–H groups in total. The summed E-state index contributed by atoms with van der Waals surface area (Å²) in [5, 5.41) is 1.24. The van der Waals surface area contributed by atoms with E-state index in [0.29, 0.717) is 27.9 Å². The van der Waals surface area contributed by atoms with Gasteiger partial charge in [0.25, 0.3) is 0 Å². The Morgan fingerprint density at radius 2 is 1.86 bits per heavy atom. The molecular formula is C30H29Cl2FN2O. The number of benzene rings is 2. The number of carbonyl (C=O) groups excluding carboxylic acids is 1. The Kier molecular flexibility index (Phi) is 7.85. The number of carbonyl (C=O) groups is 1. The highest BCUT2D eigenvalue weighted by molar-refractivity contribution is 6.36. The number of rotatable bonds is 8. The van der Waals surface area contributed by atoms with E-state index in [0.717, 1.165) is 85.1 Å². The van der Waals surface area contributed by atoms with Crippen LogP contribution in [0, 0.1) is 5.92 Å². The van der Waals surface area contributed by atoms with Crippen LogP contribution < -0.4 is 0 Å². The predicted octanol–water partition coefficient (Wildman–Crippen LogP) is 7.33. The van der Waals surface area contributed by atoms with Crippen LogP contribution >= 0.6 is 23.2 Å². The molecule has 0 unspecified atom stereocenters. The van der Waals surface area contributed by atoms with Crippen molar-refractivity contribution < 1.29 is 9.18 Å². The summed E-state index contributed by atoms with van der Waals surface area (Å²) < 4.78 is 12.4. The number of nitrogens with zero attached hydrogens (tertiary/aromatic N) is 2. The van der Waals surface area contributed by atoms with Gasteiger partial charge >= 0.3 is 0 Å². The summed E-state index contributed by atoms with van der Waals surface area (Å²) in [7, 11) is 0. The quantitative estimate of drug-likeness (QED) is 0.290. The summed E-state index contributed by atoms with van der Waals surface area (Å²) in [5.74, 6) is 0.597. The van der Waals surface area contributed by atoms with Crippen molar-refractivity contribution in [1.29, 1.82) is 0 Å². The van der Waals surface area contributed by atoms with Crippen molar-refractivity contribution in [3.05, 3.63) is 98.3 Å². The second kappa shape index (κ2) is 11.2. The second-order valence-electron chi connectivity index (χ2n) is 9.79. The maximum absolute atomic E-state index is 12.4. The minimum absolute atomic E-state index is 0.245. The zero-order valence-electron chi connectivity index (χ0n) is 20.2. The standard InChI is InChI=1S/C30H29Cl2FN2O/c31-24-7-9-26(28(32)15-24)27-4-1-3-23-14-21(19-36)5-8-25(23)30(27)29-10-6-20(16-34-29)13-22-17-35(18-22)12-2-11-33/h5-10,14-16,19,22H,1-4,11-13,17-18H2. The summed E-state index contributed by atoms with van der Waals surface area (Å²) >= 11 is 12.9. The number of pyridine rings is 1. The Morgan fingerprint density at radius 1 is 1.03 bits per heavy atom. The highest BCUT2D eigenvalue weighted by Crippen LogP contribution is 2.42. The molecule has 0 amide bonds. The van der Waals surface area contributed by atoms with Crippen molar-refractivity contribution in [1.82, 2.24) is 9.88 Å². The number of aldehydes is 1. The molecule has 1 fully saturated rings. The SMILES string of the molecule is O=Cc1ccc2c(c1)CCCC(c1ccc(Cl)cc1Cl)=C2c1ccc(CC2CN(CCCF)C2)cn1. The average Bonchev–Trinajstić information content (AvgIpc) is 3.04. The topological polar surface area (TPSA) is 33.2 Å². The van der Waals surface area contributed by atoms with Crippen molar-refractivity contribution in [2.75, 3.05) is 26.3 Å². The third-order valence-electron chi connectivity index (χ3n) is 7.21. The molecule has 0 atom stereocenters. The molecule has 186 valence electrons. The van der Waals surface area contributed by atoms with E-state index >= 15 is 0 Å². The number of halogens is 3. The summed E-state index contributed by atoms with van der Waals surface area (Å²) in [4.78, 5) is 18.7. The van der Waals surface area contributed by atoms with Crippen LogP contribution in [0.15, 0.2) is 54.7 Å². The fraction of sp³-hybridized carbons (Fsp3) is 0.333. The van der Waals surface area contributed by atoms with E-state index in [2.05, 4.69) is 17.0 Å². The molecule has 1 aliphatic heterocycles. The van der Waals surface area contributed by atoms with Crippen molar-refractivity contribution in [3.63, 3.8) is 0 Å². The maximum Gasteiger partial charge on any atom is 0.150 e. The molecule has 1 aromatic heterocycles. The number of allylic oxidation sites excluding steroid dienone is 1. The van der Waals surface area contributed by atoms with Gasteiger partial charge in [0.05, 0.1) is 12.4 Å². The molecule has 2 heterocycles. The number of alkyl halides is 1. The van der Waals surface area contributed by atoms with Gasteiger partial charge in [-0.2, -0.15) is 0 Å². The zero-order chi connectivity index (χ0) is 25.1. The molecule has 1 saturated heterocycles. The van der Waals surface area contributed by atoms with E-state index in [1.807, 2.05) is 36.5 Å². The normalized spacial score (nSPS) is 16.4. The zero-order valence-corrected chi connectivity index (χ0v) is 21.7. The van der Waals surface area contributed by atoms with Crippen LogP contribution in [-0.2, 0) is 12.8 Å². The van der Waals surface area contributed by atoms with Crippen LogP contribution in [-0.4, -0.2) is 42.5 Å². The number of aromatic nitrogens is 1. The third-order valence-corrected chi connectivity index (χ3v) is 7.76. The molecule has 36 heavy (non-hydrogen) atoms. The second-order valence-corrected chi connectivity index (χ2v) is 10.6. The van der Waals surface area contributed by atoms with E-state index in [1.165, 1.54) is 5.56 Å². The first-order valence-electron chi connectivity index (χ1n) is 12.6. The number of likely N-dealkylation sites (tertiary alicyclic amines) is 1. The molecule has 3 aromatic rings. The lowest BCUT2D eigenvalue weighted by Crippen LogP contribution is -2.47. The molecule has 2 aromatic carbocycles. The molecule has 0 spiro atoms. The van der Waals surface area contributed by atoms with Gasteiger partial charge < -0.3 is 4.90 Å². The minimum Gasteiger partial charge on any atom is -0.303 e. The van der Waals surface area contributed by atoms with E-state index in [4.69, 9.17) is 28.2 Å². The Bertz CT molecular complexity index is 1280. The van der Waals surface area contributed by atoms with Crippen LogP contribution in [0.2, 0.25) is 10.0 Å². The molecule has 2 aliphatic rings. The first-order chi connectivity index (χ1) is 17.6. The lowest BCUT2D eigenvalue weighted by atomic mass is 9.89. The molecule has 6 heteroatoms. The predicted molar refractivity (Wildman–Crippen MR) is 146 cm³/mol. The Morgan fingerprint density at radius 3 is 2.58 bits per heavy atom. The number of aryl methyl sites for hydroxylation is 1. The highest BCUT2D eigenvalue weighted by Gasteiger charge is 2.27. The van der Waals surface area contributed by atoms with Gasteiger partial charge in [0.1, 0.15) is 6.29 Å². The monoisotopic (exact) mass is 522 g/mol. The van der Waals surface area contributed by atoms with Gasteiger partial charge in [-0.1, -0.05) is 47.5 Å². The van der Waals surface area contributed by atoms with Crippen molar-refractivity contribution in [2.45, 2.75) is 32.1 Å². The van der Waals surface area contributed by atoms with E-state index in [-0.39, 0.29) is 6.67 Å². The number of fused-ring (bicyclic) bond motifs is 1. The third kappa shape index (κ3) is 5.41. The van der Waals surface area contributed by atoms with Gasteiger partial charge in [-0.3, -0.25) is 14.2 Å². The van der Waals surface area contributed by atoms with E-state index < -0.39 is 0 Å². The van der Waals surface area contributed by atoms with Gasteiger partial charge in [-0.25, -0.2) is 0 Å². The van der Waals surface area contributed by atoms with Gasteiger partial charge in [0.2, 0.25) is 0 Å². The van der Waals surface area contributed by atoms with Crippen LogP contribution in [0.4, 0.5) is 4.39 Å². The Hall–Kier alpha value is -2.53. The Balaban J connectivity index is 1.50. The fourth-order valence-electron chi connectivity index (χ4n) is 5.48. The van der Waals surface area contributed by atoms with Crippen LogP contribution in [0.3, 0.4) is 0 Å². The van der Waals surface area contributed by atoms with E-state index in [1.54, 1.807) is 6.07 Å². The van der Waals surface area contributed by atoms with Gasteiger partial charge in [-0.05, 0) is 90.1 Å². The largest absolute Gasteiger partial charge is 0.303 e. The lowest BCUT2D eigenvalue weighted by Gasteiger charge is -2.39. The van der Waals surface area contributed by atoms with Crippen molar-refractivity contribution in [3.8, 4) is 0 Å². The molecule has 0 bridgehead atoms. The van der Waals surface area contributed by atoms with Crippen molar-refractivity contribution in [2.24, 2.45) is 5.92 Å². The molecule has 3 nitrogen and oxygen atoms in total. The number of hydrogen-bond donors (Lipinski definition) is 0. The minimum atomic E-state index is -0.245. The molecular weight excluding hydrogens is 494 g/mol. The molecule has 0 radical (unpaired) electrons. The smallest absolute Gasteiger partial charge is 0.150 e. The maximum atomic E-state index is 12.4. The molecule has 0 saturated carbocycles.